The number of thioether (sulfide) groups is 1. The summed E-state index contributed by atoms with van der Waals surface area (Å²) < 4.78 is 24.0. The summed E-state index contributed by atoms with van der Waals surface area (Å²) in [6.07, 6.45) is 1.66. The minimum Gasteiger partial charge on any atom is -0.341 e. The molecule has 2 rings (SSSR count). The van der Waals surface area contributed by atoms with E-state index in [9.17, 15) is 18.0 Å². The first-order valence-electron chi connectivity index (χ1n) is 6.34. The molecule has 0 aromatic rings. The number of nitrogens with two attached hydrogens (primary N) is 1. The third-order valence-corrected chi connectivity index (χ3v) is 4.82. The van der Waals surface area contributed by atoms with E-state index in [1.54, 1.807) is 4.90 Å². The van der Waals surface area contributed by atoms with Crippen LogP contribution in [0.1, 0.15) is 12.8 Å². The van der Waals surface area contributed by atoms with Gasteiger partial charge in [0.25, 0.3) is 15.4 Å². The Morgan fingerprint density at radius 1 is 1.55 bits per heavy atom. The number of carbonyl (C=O) groups excluding carboxylic acids is 2. The molecule has 2 saturated heterocycles. The molecule has 0 saturated carbocycles. The lowest BCUT2D eigenvalue weighted by Gasteiger charge is -2.34. The number of likely N-dealkylation sites (tertiary alicyclic amines) is 1. The molecule has 0 bridgehead atoms. The van der Waals surface area contributed by atoms with Crippen LogP contribution in [0.25, 0.3) is 0 Å². The average molecular weight is 322 g/mol. The van der Waals surface area contributed by atoms with Crippen LogP contribution < -0.4 is 15.2 Å². The Bertz CT molecular complexity index is 495. The molecule has 2 unspecified atom stereocenters. The van der Waals surface area contributed by atoms with Crippen LogP contribution in [-0.2, 0) is 15.0 Å². The fourth-order valence-corrected chi connectivity index (χ4v) is 3.64. The standard InChI is InChI=1S/C10H18N4O4S2/c11-20(17,18)12-4-7-2-1-3-14(5-7)9(15)8-6-19-10(16)13-8/h7-8,12H,1-6H2,(H,13,16)(H2,11,17,18). The number of piperidine rings is 1. The number of rotatable bonds is 4. The normalized spacial score (nSPS) is 27.4. The maximum Gasteiger partial charge on any atom is 0.279 e. The van der Waals surface area contributed by atoms with Crippen molar-refractivity contribution in [2.45, 2.75) is 18.9 Å². The molecule has 2 fully saturated rings. The fourth-order valence-electron chi connectivity index (χ4n) is 2.40. The van der Waals surface area contributed by atoms with E-state index in [2.05, 4.69) is 10.0 Å². The molecule has 0 radical (unpaired) electrons. The van der Waals surface area contributed by atoms with Gasteiger partial charge in [-0.3, -0.25) is 9.59 Å². The highest BCUT2D eigenvalue weighted by Crippen LogP contribution is 2.20. The van der Waals surface area contributed by atoms with Crippen LogP contribution >= 0.6 is 11.8 Å². The zero-order valence-electron chi connectivity index (χ0n) is 10.9. The van der Waals surface area contributed by atoms with E-state index in [-0.39, 0.29) is 23.6 Å². The van der Waals surface area contributed by atoms with Gasteiger partial charge in [0.1, 0.15) is 6.04 Å². The number of hydrogen-bond acceptors (Lipinski definition) is 5. The molecular weight excluding hydrogens is 304 g/mol. The van der Waals surface area contributed by atoms with Crippen LogP contribution in [0.4, 0.5) is 4.79 Å². The van der Waals surface area contributed by atoms with E-state index < -0.39 is 16.3 Å². The summed E-state index contributed by atoms with van der Waals surface area (Å²) in [6, 6.07) is -0.461. The number of hydrogen-bond donors (Lipinski definition) is 3. The highest BCUT2D eigenvalue weighted by molar-refractivity contribution is 8.14. The Labute approximate surface area is 122 Å². The molecule has 2 aliphatic rings. The van der Waals surface area contributed by atoms with Crippen molar-refractivity contribution in [2.75, 3.05) is 25.4 Å². The van der Waals surface area contributed by atoms with Crippen molar-refractivity contribution in [1.82, 2.24) is 14.9 Å². The van der Waals surface area contributed by atoms with Crippen LogP contribution in [-0.4, -0.2) is 55.9 Å². The molecule has 0 aromatic heterocycles. The minimum absolute atomic E-state index is 0.0517. The van der Waals surface area contributed by atoms with Gasteiger partial charge in [-0.1, -0.05) is 11.8 Å². The third kappa shape index (κ3) is 4.33. The van der Waals surface area contributed by atoms with Gasteiger partial charge in [-0.05, 0) is 18.8 Å². The summed E-state index contributed by atoms with van der Waals surface area (Å²) in [6.45, 7) is 1.36. The number of amides is 2. The van der Waals surface area contributed by atoms with E-state index in [4.69, 9.17) is 5.14 Å². The second-order valence-electron chi connectivity index (χ2n) is 4.98. The van der Waals surface area contributed by atoms with Crippen molar-refractivity contribution in [3.63, 3.8) is 0 Å². The zero-order chi connectivity index (χ0) is 14.8. The molecule has 114 valence electrons. The van der Waals surface area contributed by atoms with Crippen LogP contribution in [0, 0.1) is 5.92 Å². The van der Waals surface area contributed by atoms with E-state index in [0.29, 0.717) is 18.8 Å². The maximum atomic E-state index is 12.2. The summed E-state index contributed by atoms with van der Waals surface area (Å²) in [5.74, 6) is 0.410. The van der Waals surface area contributed by atoms with Crippen LogP contribution in [0.2, 0.25) is 0 Å². The smallest absolute Gasteiger partial charge is 0.279 e. The zero-order valence-corrected chi connectivity index (χ0v) is 12.5. The molecule has 10 heteroatoms. The molecular formula is C10H18N4O4S2. The topological polar surface area (TPSA) is 122 Å². The van der Waals surface area contributed by atoms with Crippen LogP contribution in [0.5, 0.6) is 0 Å². The lowest BCUT2D eigenvalue weighted by atomic mass is 9.98. The van der Waals surface area contributed by atoms with Crippen molar-refractivity contribution in [2.24, 2.45) is 11.1 Å². The van der Waals surface area contributed by atoms with Gasteiger partial charge in [-0.25, -0.2) is 9.86 Å². The molecule has 0 spiro atoms. The van der Waals surface area contributed by atoms with E-state index in [0.717, 1.165) is 24.6 Å². The van der Waals surface area contributed by atoms with Crippen molar-refractivity contribution >= 4 is 33.1 Å². The highest BCUT2D eigenvalue weighted by Gasteiger charge is 2.33. The third-order valence-electron chi connectivity index (χ3n) is 3.38. The van der Waals surface area contributed by atoms with Crippen molar-refractivity contribution in [3.8, 4) is 0 Å². The van der Waals surface area contributed by atoms with Gasteiger partial charge in [-0.15, -0.1) is 0 Å². The summed E-state index contributed by atoms with van der Waals surface area (Å²) in [4.78, 5) is 25.0. The van der Waals surface area contributed by atoms with Crippen LogP contribution in [0.3, 0.4) is 0 Å². The largest absolute Gasteiger partial charge is 0.341 e. The van der Waals surface area contributed by atoms with Crippen molar-refractivity contribution in [1.29, 1.82) is 0 Å². The lowest BCUT2D eigenvalue weighted by molar-refractivity contribution is -0.134. The number of nitrogens with zero attached hydrogens (tertiary/aromatic N) is 1. The molecule has 8 nitrogen and oxygen atoms in total. The average Bonchev–Trinajstić information content (AvgIpc) is 2.82. The van der Waals surface area contributed by atoms with E-state index in [1.165, 1.54) is 0 Å². The molecule has 2 atom stereocenters. The Morgan fingerprint density at radius 2 is 2.30 bits per heavy atom. The van der Waals surface area contributed by atoms with Crippen LogP contribution in [0.15, 0.2) is 0 Å². The molecule has 2 heterocycles. The Balaban J connectivity index is 1.86. The lowest BCUT2D eigenvalue weighted by Crippen LogP contribution is -2.50. The van der Waals surface area contributed by atoms with E-state index >= 15 is 0 Å². The Kier molecular flexibility index (Phi) is 4.89. The second kappa shape index (κ2) is 6.29. The summed E-state index contributed by atoms with van der Waals surface area (Å²) in [5.41, 5.74) is 0. The Morgan fingerprint density at radius 3 is 2.90 bits per heavy atom. The SMILES string of the molecule is NS(=O)(=O)NCC1CCCN(C(=O)C2CSC(=O)N2)C1. The quantitative estimate of drug-likeness (QED) is 0.603. The van der Waals surface area contributed by atoms with Crippen molar-refractivity contribution < 1.29 is 18.0 Å². The monoisotopic (exact) mass is 322 g/mol. The van der Waals surface area contributed by atoms with Gasteiger partial charge in [-0.2, -0.15) is 8.42 Å². The molecule has 0 aliphatic carbocycles. The van der Waals surface area contributed by atoms with Gasteiger partial charge in [0.15, 0.2) is 0 Å². The minimum atomic E-state index is -3.70. The molecule has 4 N–H and O–H groups in total. The van der Waals surface area contributed by atoms with Gasteiger partial charge in [0, 0.05) is 25.4 Å². The number of carbonyl (C=O) groups is 2. The first kappa shape index (κ1) is 15.5. The predicted molar refractivity (Wildman–Crippen MR) is 75.2 cm³/mol. The fraction of sp³-hybridized carbons (Fsp3) is 0.800. The summed E-state index contributed by atoms with van der Waals surface area (Å²) in [7, 11) is -3.70. The predicted octanol–water partition coefficient (Wildman–Crippen LogP) is -1.16. The first-order valence-corrected chi connectivity index (χ1v) is 8.88. The van der Waals surface area contributed by atoms with E-state index in [1.807, 2.05) is 0 Å². The van der Waals surface area contributed by atoms with Gasteiger partial charge in [0.2, 0.25) is 5.91 Å². The molecule has 20 heavy (non-hydrogen) atoms. The van der Waals surface area contributed by atoms with Crippen molar-refractivity contribution in [3.05, 3.63) is 0 Å². The maximum absolute atomic E-state index is 12.2. The molecule has 0 aromatic carbocycles. The summed E-state index contributed by atoms with van der Waals surface area (Å²) in [5, 5.41) is 7.34. The highest BCUT2D eigenvalue weighted by atomic mass is 32.2. The van der Waals surface area contributed by atoms with Gasteiger partial charge >= 0.3 is 0 Å². The molecule has 2 amide bonds. The number of nitrogens with one attached hydrogen (secondary N) is 2. The molecule has 2 aliphatic heterocycles. The van der Waals surface area contributed by atoms with Gasteiger partial charge in [0.05, 0.1) is 0 Å². The van der Waals surface area contributed by atoms with Gasteiger partial charge < -0.3 is 10.2 Å². The Hall–Kier alpha value is -0.840. The second-order valence-corrected chi connectivity index (χ2v) is 7.35. The summed E-state index contributed by atoms with van der Waals surface area (Å²) >= 11 is 1.11. The first-order chi connectivity index (χ1) is 9.35.